The zero-order valence-electron chi connectivity index (χ0n) is 10.2. The van der Waals surface area contributed by atoms with Gasteiger partial charge in [0.05, 0.1) is 0 Å². The summed E-state index contributed by atoms with van der Waals surface area (Å²) < 4.78 is 2.08. The molecule has 88 valence electrons. The van der Waals surface area contributed by atoms with Gasteiger partial charge in [0.2, 0.25) is 0 Å². The summed E-state index contributed by atoms with van der Waals surface area (Å²) in [7, 11) is 1.74. The lowest BCUT2D eigenvalue weighted by molar-refractivity contribution is 0.0935. The molecule has 0 spiro atoms. The molecule has 1 aromatic rings. The van der Waals surface area contributed by atoms with E-state index in [2.05, 4.69) is 53.9 Å². The minimum Gasteiger partial charge on any atom is -0.292 e. The zero-order chi connectivity index (χ0) is 12.3. The Labute approximate surface area is 104 Å². The van der Waals surface area contributed by atoms with Gasteiger partial charge in [-0.15, -0.1) is 5.10 Å². The fourth-order valence-electron chi connectivity index (χ4n) is 2.58. The average molecular weight is 286 g/mol. The Bertz CT molecular complexity index is 428. The first-order chi connectivity index (χ1) is 7.21. The average Bonchev–Trinajstić information content (AvgIpc) is 2.39. The number of hydrogen-bond acceptors (Lipinski definition) is 3. The second-order valence-electron chi connectivity index (χ2n) is 5.59. The van der Waals surface area contributed by atoms with Crippen molar-refractivity contribution in [1.82, 2.24) is 15.0 Å². The predicted molar refractivity (Wildman–Crippen MR) is 64.1 cm³/mol. The molecule has 0 bridgehead atoms. The summed E-state index contributed by atoms with van der Waals surface area (Å²) in [6.07, 6.45) is 0. The van der Waals surface area contributed by atoms with E-state index in [1.807, 2.05) is 0 Å². The molecule has 0 radical (unpaired) electrons. The van der Waals surface area contributed by atoms with Gasteiger partial charge in [0.1, 0.15) is 5.69 Å². The summed E-state index contributed by atoms with van der Waals surface area (Å²) in [5.41, 5.74) is 0.672. The Balaban J connectivity index is 2.37. The summed E-state index contributed by atoms with van der Waals surface area (Å²) in [4.78, 5) is 12.4. The molecule has 0 amide bonds. The van der Waals surface area contributed by atoms with Crippen molar-refractivity contribution in [2.24, 2.45) is 23.8 Å². The van der Waals surface area contributed by atoms with Gasteiger partial charge < -0.3 is 0 Å². The molecule has 16 heavy (non-hydrogen) atoms. The van der Waals surface area contributed by atoms with Crippen LogP contribution in [0.25, 0.3) is 0 Å². The molecule has 5 heteroatoms. The third-order valence-electron chi connectivity index (χ3n) is 4.30. The predicted octanol–water partition coefficient (Wildman–Crippen LogP) is 2.44. The fraction of sp³-hybridized carbons (Fsp3) is 0.727. The van der Waals surface area contributed by atoms with Gasteiger partial charge in [-0.05, 0) is 26.8 Å². The second-order valence-corrected chi connectivity index (χ2v) is 6.34. The highest BCUT2D eigenvalue weighted by Gasteiger charge is 2.68. The number of Topliss-reactive ketones (excluding diaryl/α,β-unsaturated/α-hetero) is 1. The highest BCUT2D eigenvalue weighted by atomic mass is 79.9. The van der Waals surface area contributed by atoms with Gasteiger partial charge in [0.25, 0.3) is 0 Å². The van der Waals surface area contributed by atoms with Gasteiger partial charge in [-0.3, -0.25) is 4.79 Å². The van der Waals surface area contributed by atoms with Crippen LogP contribution in [-0.4, -0.2) is 20.8 Å². The highest BCUT2D eigenvalue weighted by molar-refractivity contribution is 9.10. The van der Waals surface area contributed by atoms with Gasteiger partial charge in [-0.1, -0.05) is 32.9 Å². The van der Waals surface area contributed by atoms with Crippen LogP contribution in [0.5, 0.6) is 0 Å². The third kappa shape index (κ3) is 1.30. The molecular weight excluding hydrogens is 270 g/mol. The van der Waals surface area contributed by atoms with Crippen LogP contribution in [0.1, 0.15) is 38.2 Å². The van der Waals surface area contributed by atoms with Crippen LogP contribution in [0.15, 0.2) is 4.60 Å². The van der Waals surface area contributed by atoms with Crippen LogP contribution < -0.4 is 0 Å². The quantitative estimate of drug-likeness (QED) is 0.784. The van der Waals surface area contributed by atoms with E-state index in [4.69, 9.17) is 0 Å². The maximum atomic E-state index is 12.4. The number of carbonyl (C=O) groups is 1. The topological polar surface area (TPSA) is 47.8 Å². The SMILES string of the molecule is Cn1nnc(Br)c1C(=O)C1C(C)(C)C1(C)C. The molecule has 0 unspecified atom stereocenters. The minimum atomic E-state index is 0.0494. The maximum Gasteiger partial charge on any atom is 0.187 e. The molecule has 0 aliphatic heterocycles. The first-order valence-electron chi connectivity index (χ1n) is 5.30. The summed E-state index contributed by atoms with van der Waals surface area (Å²) in [6.45, 7) is 8.53. The lowest BCUT2D eigenvalue weighted by atomic mass is 10.0. The number of ketones is 1. The molecular formula is C11H16BrN3O. The third-order valence-corrected chi connectivity index (χ3v) is 4.84. The summed E-state index contributed by atoms with van der Waals surface area (Å²) in [5.74, 6) is 0.183. The minimum absolute atomic E-state index is 0.0494. The van der Waals surface area contributed by atoms with Crippen LogP contribution in [0.2, 0.25) is 0 Å². The molecule has 1 aromatic heterocycles. The van der Waals surface area contributed by atoms with Crippen LogP contribution in [0.3, 0.4) is 0 Å². The Hall–Kier alpha value is -0.710. The van der Waals surface area contributed by atoms with Crippen LogP contribution in [0, 0.1) is 16.7 Å². The summed E-state index contributed by atoms with van der Waals surface area (Å²) in [5, 5.41) is 7.69. The molecule has 1 heterocycles. The maximum absolute atomic E-state index is 12.4. The van der Waals surface area contributed by atoms with Crippen molar-refractivity contribution < 1.29 is 4.79 Å². The largest absolute Gasteiger partial charge is 0.292 e. The van der Waals surface area contributed by atoms with E-state index in [1.54, 1.807) is 7.05 Å². The molecule has 0 saturated heterocycles. The van der Waals surface area contributed by atoms with E-state index in [0.717, 1.165) is 0 Å². The first-order valence-corrected chi connectivity index (χ1v) is 6.10. The van der Waals surface area contributed by atoms with Crippen molar-refractivity contribution in [3.8, 4) is 0 Å². The first kappa shape index (κ1) is 11.8. The number of aromatic nitrogens is 3. The van der Waals surface area contributed by atoms with Crippen LogP contribution in [0.4, 0.5) is 0 Å². The van der Waals surface area contributed by atoms with E-state index >= 15 is 0 Å². The van der Waals surface area contributed by atoms with E-state index in [1.165, 1.54) is 4.68 Å². The van der Waals surface area contributed by atoms with E-state index < -0.39 is 0 Å². The number of halogens is 1. The molecule has 1 fully saturated rings. The van der Waals surface area contributed by atoms with Gasteiger partial charge in [-0.2, -0.15) is 0 Å². The molecule has 0 N–H and O–H groups in total. The number of nitrogens with zero attached hydrogens (tertiary/aromatic N) is 3. The smallest absolute Gasteiger partial charge is 0.187 e. The van der Waals surface area contributed by atoms with E-state index in [9.17, 15) is 4.79 Å². The Kier molecular flexibility index (Phi) is 2.32. The number of rotatable bonds is 2. The Morgan fingerprint density at radius 2 is 1.81 bits per heavy atom. The molecule has 1 saturated carbocycles. The van der Waals surface area contributed by atoms with E-state index in [0.29, 0.717) is 10.3 Å². The molecule has 1 aliphatic rings. The highest BCUT2D eigenvalue weighted by Crippen LogP contribution is 2.69. The molecule has 0 aromatic carbocycles. The monoisotopic (exact) mass is 285 g/mol. The normalized spacial score (nSPS) is 22.1. The fourth-order valence-corrected chi connectivity index (χ4v) is 3.10. The van der Waals surface area contributed by atoms with Crippen molar-refractivity contribution in [2.75, 3.05) is 0 Å². The van der Waals surface area contributed by atoms with Crippen LogP contribution >= 0.6 is 15.9 Å². The van der Waals surface area contributed by atoms with Gasteiger partial charge in [-0.25, -0.2) is 4.68 Å². The molecule has 1 aliphatic carbocycles. The standard InChI is InChI=1S/C11H16BrN3O/c1-10(2)8(11(10,3)4)7(16)6-9(12)13-14-15(6)5/h8H,1-5H3. The summed E-state index contributed by atoms with van der Waals surface area (Å²) in [6, 6.07) is 0. The van der Waals surface area contributed by atoms with Gasteiger partial charge in [0, 0.05) is 13.0 Å². The van der Waals surface area contributed by atoms with Crippen molar-refractivity contribution >= 4 is 21.7 Å². The van der Waals surface area contributed by atoms with Crippen molar-refractivity contribution in [3.05, 3.63) is 10.3 Å². The van der Waals surface area contributed by atoms with Crippen molar-refractivity contribution in [1.29, 1.82) is 0 Å². The number of carbonyl (C=O) groups excluding carboxylic acids is 1. The Morgan fingerprint density at radius 1 is 1.31 bits per heavy atom. The summed E-state index contributed by atoms with van der Waals surface area (Å²) >= 11 is 3.27. The number of aryl methyl sites for hydroxylation is 1. The molecule has 4 nitrogen and oxygen atoms in total. The zero-order valence-corrected chi connectivity index (χ0v) is 11.8. The van der Waals surface area contributed by atoms with Gasteiger partial charge >= 0.3 is 0 Å². The van der Waals surface area contributed by atoms with Crippen LogP contribution in [-0.2, 0) is 7.05 Å². The molecule has 2 rings (SSSR count). The lowest BCUT2D eigenvalue weighted by Gasteiger charge is -2.03. The lowest BCUT2D eigenvalue weighted by Crippen LogP contribution is -2.13. The van der Waals surface area contributed by atoms with Crippen molar-refractivity contribution in [3.63, 3.8) is 0 Å². The van der Waals surface area contributed by atoms with Gasteiger partial charge in [0.15, 0.2) is 10.4 Å². The van der Waals surface area contributed by atoms with Crippen molar-refractivity contribution in [2.45, 2.75) is 27.7 Å². The van der Waals surface area contributed by atoms with E-state index in [-0.39, 0.29) is 22.5 Å². The number of hydrogen-bond donors (Lipinski definition) is 0. The Morgan fingerprint density at radius 3 is 2.12 bits per heavy atom. The second kappa shape index (κ2) is 3.15. The molecule has 0 atom stereocenters.